The number of ketones is 1. The number of methoxy groups -OCH3 is 1. The fourth-order valence-corrected chi connectivity index (χ4v) is 2.01. The maximum absolute atomic E-state index is 12.1. The van der Waals surface area contributed by atoms with Crippen molar-refractivity contribution >= 4 is 5.78 Å². The summed E-state index contributed by atoms with van der Waals surface area (Å²) in [4.78, 5) is 14.2. The number of aliphatic hydroxyl groups is 1. The molecular formula is C14H19NO3. The summed E-state index contributed by atoms with van der Waals surface area (Å²) >= 11 is 0. The second-order valence-electron chi connectivity index (χ2n) is 4.58. The highest BCUT2D eigenvalue weighted by Crippen LogP contribution is 2.26. The largest absolute Gasteiger partial charge is 0.497 e. The van der Waals surface area contributed by atoms with E-state index in [4.69, 9.17) is 9.84 Å². The standard InChI is InChI=1S/C14H19NO3/c1-18-13-6-2-11(3-7-13)14(17)10-15(8-9-16)12-4-5-12/h2-3,6-7,12,16H,4-5,8-10H2,1H3. The van der Waals surface area contributed by atoms with Gasteiger partial charge in [0.1, 0.15) is 5.75 Å². The Morgan fingerprint density at radius 1 is 1.39 bits per heavy atom. The minimum atomic E-state index is 0.0954. The van der Waals surface area contributed by atoms with E-state index in [2.05, 4.69) is 4.90 Å². The van der Waals surface area contributed by atoms with Crippen molar-refractivity contribution in [2.45, 2.75) is 18.9 Å². The maximum Gasteiger partial charge on any atom is 0.176 e. The molecule has 0 aromatic heterocycles. The molecule has 1 N–H and O–H groups in total. The molecule has 0 heterocycles. The Hall–Kier alpha value is -1.39. The highest BCUT2D eigenvalue weighted by molar-refractivity contribution is 5.97. The van der Waals surface area contributed by atoms with Crippen LogP contribution in [0.15, 0.2) is 24.3 Å². The number of benzene rings is 1. The van der Waals surface area contributed by atoms with E-state index in [1.165, 1.54) is 0 Å². The van der Waals surface area contributed by atoms with Gasteiger partial charge in [-0.15, -0.1) is 0 Å². The molecule has 4 nitrogen and oxygen atoms in total. The summed E-state index contributed by atoms with van der Waals surface area (Å²) in [7, 11) is 1.60. The van der Waals surface area contributed by atoms with Crippen molar-refractivity contribution in [3.05, 3.63) is 29.8 Å². The Labute approximate surface area is 107 Å². The SMILES string of the molecule is COc1ccc(C(=O)CN(CCO)C2CC2)cc1. The average molecular weight is 249 g/mol. The van der Waals surface area contributed by atoms with Gasteiger partial charge in [0.25, 0.3) is 0 Å². The van der Waals surface area contributed by atoms with Crippen molar-refractivity contribution in [1.82, 2.24) is 4.90 Å². The molecule has 1 aromatic carbocycles. The summed E-state index contributed by atoms with van der Waals surface area (Å²) in [6.45, 7) is 1.07. The first-order valence-electron chi connectivity index (χ1n) is 6.26. The average Bonchev–Trinajstić information content (AvgIpc) is 3.22. The summed E-state index contributed by atoms with van der Waals surface area (Å²) in [5, 5.41) is 9.00. The molecule has 4 heteroatoms. The number of aliphatic hydroxyl groups excluding tert-OH is 1. The third kappa shape index (κ3) is 3.31. The van der Waals surface area contributed by atoms with Crippen LogP contribution in [-0.2, 0) is 0 Å². The van der Waals surface area contributed by atoms with Crippen LogP contribution in [0, 0.1) is 0 Å². The van der Waals surface area contributed by atoms with Gasteiger partial charge < -0.3 is 9.84 Å². The monoisotopic (exact) mass is 249 g/mol. The highest BCUT2D eigenvalue weighted by Gasteiger charge is 2.29. The number of rotatable bonds is 7. The minimum Gasteiger partial charge on any atom is -0.497 e. The fraction of sp³-hybridized carbons (Fsp3) is 0.500. The topological polar surface area (TPSA) is 49.8 Å². The van der Waals surface area contributed by atoms with E-state index in [0.717, 1.165) is 18.6 Å². The van der Waals surface area contributed by atoms with Gasteiger partial charge in [-0.05, 0) is 37.1 Å². The molecule has 98 valence electrons. The van der Waals surface area contributed by atoms with E-state index < -0.39 is 0 Å². The van der Waals surface area contributed by atoms with Crippen molar-refractivity contribution in [3.8, 4) is 5.75 Å². The van der Waals surface area contributed by atoms with Crippen molar-refractivity contribution in [2.75, 3.05) is 26.8 Å². The smallest absolute Gasteiger partial charge is 0.176 e. The molecule has 0 spiro atoms. The van der Waals surface area contributed by atoms with Crippen molar-refractivity contribution in [2.24, 2.45) is 0 Å². The number of hydrogen-bond acceptors (Lipinski definition) is 4. The number of hydrogen-bond donors (Lipinski definition) is 1. The summed E-state index contributed by atoms with van der Waals surface area (Å²) in [6.07, 6.45) is 2.27. The molecule has 1 aliphatic rings. The molecule has 18 heavy (non-hydrogen) atoms. The Bertz CT molecular complexity index is 398. The normalized spacial score (nSPS) is 14.8. The van der Waals surface area contributed by atoms with Crippen LogP contribution in [0.4, 0.5) is 0 Å². The zero-order valence-corrected chi connectivity index (χ0v) is 10.6. The van der Waals surface area contributed by atoms with E-state index in [1.54, 1.807) is 31.4 Å². The zero-order chi connectivity index (χ0) is 13.0. The summed E-state index contributed by atoms with van der Waals surface area (Å²) < 4.78 is 5.06. The molecule has 0 bridgehead atoms. The van der Waals surface area contributed by atoms with Crippen LogP contribution < -0.4 is 4.74 Å². The third-order valence-electron chi connectivity index (χ3n) is 3.21. The Morgan fingerprint density at radius 3 is 2.56 bits per heavy atom. The van der Waals surface area contributed by atoms with Gasteiger partial charge in [-0.2, -0.15) is 0 Å². The first kappa shape index (κ1) is 13.1. The molecule has 0 radical (unpaired) electrons. The van der Waals surface area contributed by atoms with Gasteiger partial charge in [-0.25, -0.2) is 0 Å². The predicted molar refractivity (Wildman–Crippen MR) is 69.0 cm³/mol. The van der Waals surface area contributed by atoms with Gasteiger partial charge in [0, 0.05) is 18.2 Å². The van der Waals surface area contributed by atoms with E-state index in [-0.39, 0.29) is 12.4 Å². The van der Waals surface area contributed by atoms with Crippen LogP contribution in [0.1, 0.15) is 23.2 Å². The fourth-order valence-electron chi connectivity index (χ4n) is 2.01. The lowest BCUT2D eigenvalue weighted by Crippen LogP contribution is -2.34. The molecule has 1 fully saturated rings. The molecule has 1 aromatic rings. The first-order chi connectivity index (χ1) is 8.74. The molecule has 0 amide bonds. The van der Waals surface area contributed by atoms with Crippen LogP contribution in [0.5, 0.6) is 5.75 Å². The predicted octanol–water partition coefficient (Wildman–Crippen LogP) is 1.33. The highest BCUT2D eigenvalue weighted by atomic mass is 16.5. The Kier molecular flexibility index (Phi) is 4.33. The van der Waals surface area contributed by atoms with Gasteiger partial charge in [0.05, 0.1) is 20.3 Å². The minimum absolute atomic E-state index is 0.0954. The van der Waals surface area contributed by atoms with Gasteiger partial charge in [0.2, 0.25) is 0 Å². The van der Waals surface area contributed by atoms with Crippen molar-refractivity contribution in [1.29, 1.82) is 0 Å². The maximum atomic E-state index is 12.1. The summed E-state index contributed by atoms with van der Waals surface area (Å²) in [6, 6.07) is 7.64. The molecule has 1 aliphatic carbocycles. The van der Waals surface area contributed by atoms with Crippen LogP contribution >= 0.6 is 0 Å². The molecule has 0 atom stereocenters. The quantitative estimate of drug-likeness (QED) is 0.741. The molecular weight excluding hydrogens is 230 g/mol. The second-order valence-corrected chi connectivity index (χ2v) is 4.58. The molecule has 0 unspecified atom stereocenters. The second kappa shape index (κ2) is 5.98. The van der Waals surface area contributed by atoms with Crippen molar-refractivity contribution in [3.63, 3.8) is 0 Å². The van der Waals surface area contributed by atoms with E-state index in [1.807, 2.05) is 0 Å². The Balaban J connectivity index is 1.96. The van der Waals surface area contributed by atoms with Crippen LogP contribution in [0.25, 0.3) is 0 Å². The molecule has 1 saturated carbocycles. The number of carbonyl (C=O) groups is 1. The lowest BCUT2D eigenvalue weighted by Gasteiger charge is -2.19. The third-order valence-corrected chi connectivity index (χ3v) is 3.21. The van der Waals surface area contributed by atoms with Gasteiger partial charge in [-0.3, -0.25) is 9.69 Å². The van der Waals surface area contributed by atoms with Crippen molar-refractivity contribution < 1.29 is 14.6 Å². The summed E-state index contributed by atoms with van der Waals surface area (Å²) in [5.41, 5.74) is 0.694. The van der Waals surface area contributed by atoms with Crippen LogP contribution in [0.3, 0.4) is 0 Å². The first-order valence-corrected chi connectivity index (χ1v) is 6.26. The lowest BCUT2D eigenvalue weighted by atomic mass is 10.1. The number of ether oxygens (including phenoxy) is 1. The number of nitrogens with zero attached hydrogens (tertiary/aromatic N) is 1. The van der Waals surface area contributed by atoms with E-state index >= 15 is 0 Å². The van der Waals surface area contributed by atoms with Gasteiger partial charge in [0.15, 0.2) is 5.78 Å². The summed E-state index contributed by atoms with van der Waals surface area (Å²) in [5.74, 6) is 0.846. The number of Topliss-reactive ketones (excluding diaryl/α,β-unsaturated/α-hetero) is 1. The molecule has 0 saturated heterocycles. The Morgan fingerprint density at radius 2 is 2.06 bits per heavy atom. The van der Waals surface area contributed by atoms with Crippen LogP contribution in [0.2, 0.25) is 0 Å². The zero-order valence-electron chi connectivity index (χ0n) is 10.6. The van der Waals surface area contributed by atoms with Crippen LogP contribution in [-0.4, -0.2) is 48.6 Å². The van der Waals surface area contributed by atoms with Gasteiger partial charge >= 0.3 is 0 Å². The number of carbonyl (C=O) groups excluding carboxylic acids is 1. The lowest BCUT2D eigenvalue weighted by molar-refractivity contribution is 0.0907. The molecule has 2 rings (SSSR count). The van der Waals surface area contributed by atoms with Gasteiger partial charge in [-0.1, -0.05) is 0 Å². The molecule has 0 aliphatic heterocycles. The van der Waals surface area contributed by atoms with E-state index in [9.17, 15) is 4.79 Å². The van der Waals surface area contributed by atoms with E-state index in [0.29, 0.717) is 24.7 Å².